The van der Waals surface area contributed by atoms with Gasteiger partial charge in [0.25, 0.3) is 10.0 Å². The third kappa shape index (κ3) is 4.97. The summed E-state index contributed by atoms with van der Waals surface area (Å²) >= 11 is 6.65. The van der Waals surface area contributed by atoms with E-state index in [1.807, 2.05) is 0 Å². The SMILES string of the molecule is CN(Cc1ccc(Cl)cc1)S(=O)(=O)c1nnc(NC(=O)C(C)(C)C)s1. The van der Waals surface area contributed by atoms with Crippen molar-refractivity contribution < 1.29 is 13.2 Å². The van der Waals surface area contributed by atoms with Crippen LogP contribution < -0.4 is 5.32 Å². The number of amides is 1. The van der Waals surface area contributed by atoms with Gasteiger partial charge < -0.3 is 5.32 Å². The van der Waals surface area contributed by atoms with E-state index in [9.17, 15) is 13.2 Å². The first kappa shape index (κ1) is 19.8. The second-order valence-electron chi connectivity index (χ2n) is 6.46. The molecule has 0 aliphatic carbocycles. The maximum atomic E-state index is 12.6. The summed E-state index contributed by atoms with van der Waals surface area (Å²) in [7, 11) is -2.35. The molecule has 7 nitrogen and oxygen atoms in total. The third-order valence-electron chi connectivity index (χ3n) is 3.26. The predicted molar refractivity (Wildman–Crippen MR) is 98.1 cm³/mol. The van der Waals surface area contributed by atoms with Crippen LogP contribution in [0.5, 0.6) is 0 Å². The minimum atomic E-state index is -3.80. The Morgan fingerprint density at radius 2 is 1.84 bits per heavy atom. The van der Waals surface area contributed by atoms with Gasteiger partial charge in [-0.05, 0) is 17.7 Å². The van der Waals surface area contributed by atoms with Gasteiger partial charge in [-0.15, -0.1) is 10.2 Å². The van der Waals surface area contributed by atoms with Gasteiger partial charge in [0.05, 0.1) is 0 Å². The maximum absolute atomic E-state index is 12.6. The zero-order valence-corrected chi connectivity index (χ0v) is 16.7. The minimum Gasteiger partial charge on any atom is -0.300 e. The monoisotopic (exact) mass is 402 g/mol. The van der Waals surface area contributed by atoms with Crippen LogP contribution in [0.4, 0.5) is 5.13 Å². The molecule has 0 saturated carbocycles. The molecule has 0 aliphatic rings. The molecule has 136 valence electrons. The third-order valence-corrected chi connectivity index (χ3v) is 6.50. The van der Waals surface area contributed by atoms with Crippen LogP contribution in [-0.4, -0.2) is 35.9 Å². The van der Waals surface area contributed by atoms with Gasteiger partial charge in [-0.2, -0.15) is 4.31 Å². The van der Waals surface area contributed by atoms with Crippen molar-refractivity contribution in [3.63, 3.8) is 0 Å². The molecule has 1 heterocycles. The van der Waals surface area contributed by atoms with E-state index in [4.69, 9.17) is 11.6 Å². The number of rotatable bonds is 5. The summed E-state index contributed by atoms with van der Waals surface area (Å²) in [5, 5.41) is 10.8. The summed E-state index contributed by atoms with van der Waals surface area (Å²) in [4.78, 5) is 12.0. The van der Waals surface area contributed by atoms with Crippen LogP contribution in [-0.2, 0) is 21.4 Å². The molecule has 1 aromatic carbocycles. The van der Waals surface area contributed by atoms with Gasteiger partial charge in [0.2, 0.25) is 15.4 Å². The van der Waals surface area contributed by atoms with E-state index in [2.05, 4.69) is 15.5 Å². The fourth-order valence-electron chi connectivity index (χ4n) is 1.71. The number of aromatic nitrogens is 2. The van der Waals surface area contributed by atoms with E-state index in [-0.39, 0.29) is 21.9 Å². The van der Waals surface area contributed by atoms with Crippen LogP contribution in [0.25, 0.3) is 0 Å². The number of sulfonamides is 1. The van der Waals surface area contributed by atoms with Crippen LogP contribution in [0.3, 0.4) is 0 Å². The van der Waals surface area contributed by atoms with Crippen LogP contribution in [0, 0.1) is 5.41 Å². The molecule has 1 amide bonds. The molecule has 25 heavy (non-hydrogen) atoms. The number of nitrogens with one attached hydrogen (secondary N) is 1. The predicted octanol–water partition coefficient (Wildman–Crippen LogP) is 3.00. The largest absolute Gasteiger partial charge is 0.300 e. The van der Waals surface area contributed by atoms with Crippen LogP contribution >= 0.6 is 22.9 Å². The molecule has 1 aromatic heterocycles. The van der Waals surface area contributed by atoms with Crippen molar-refractivity contribution in [2.24, 2.45) is 5.41 Å². The number of hydrogen-bond acceptors (Lipinski definition) is 6. The first-order chi connectivity index (χ1) is 11.5. The van der Waals surface area contributed by atoms with Crippen molar-refractivity contribution in [3.05, 3.63) is 34.9 Å². The molecule has 10 heteroatoms. The van der Waals surface area contributed by atoms with Crippen molar-refractivity contribution in [3.8, 4) is 0 Å². The highest BCUT2D eigenvalue weighted by molar-refractivity contribution is 7.91. The average molecular weight is 403 g/mol. The number of nitrogens with zero attached hydrogens (tertiary/aromatic N) is 3. The number of carbonyl (C=O) groups excluding carboxylic acids is 1. The molecule has 0 unspecified atom stereocenters. The Bertz CT molecular complexity index is 858. The van der Waals surface area contributed by atoms with E-state index in [0.717, 1.165) is 16.9 Å². The molecule has 1 N–H and O–H groups in total. The zero-order valence-electron chi connectivity index (χ0n) is 14.3. The molecule has 0 saturated heterocycles. The van der Waals surface area contributed by atoms with E-state index in [1.54, 1.807) is 45.0 Å². The molecule has 0 bridgehead atoms. The Labute approximate surface area is 156 Å². The topological polar surface area (TPSA) is 92.3 Å². The first-order valence-corrected chi connectivity index (χ1v) is 9.99. The van der Waals surface area contributed by atoms with Gasteiger partial charge in [0.15, 0.2) is 0 Å². The fraction of sp³-hybridized carbons (Fsp3) is 0.400. The van der Waals surface area contributed by atoms with Crippen LogP contribution in [0.15, 0.2) is 28.6 Å². The molecule has 0 fully saturated rings. The second kappa shape index (κ2) is 7.36. The molecule has 0 aliphatic heterocycles. The Hall–Kier alpha value is -1.55. The van der Waals surface area contributed by atoms with Gasteiger partial charge in [-0.25, -0.2) is 8.42 Å². The summed E-state index contributed by atoms with van der Waals surface area (Å²) in [5.74, 6) is -0.262. The van der Waals surface area contributed by atoms with Crippen molar-refractivity contribution in [2.45, 2.75) is 31.7 Å². The van der Waals surface area contributed by atoms with Gasteiger partial charge in [0.1, 0.15) is 0 Å². The summed E-state index contributed by atoms with van der Waals surface area (Å²) in [6, 6.07) is 6.90. The summed E-state index contributed by atoms with van der Waals surface area (Å²) in [6.45, 7) is 5.42. The lowest BCUT2D eigenvalue weighted by Crippen LogP contribution is -2.27. The number of halogens is 1. The van der Waals surface area contributed by atoms with E-state index < -0.39 is 15.4 Å². The van der Waals surface area contributed by atoms with Crippen molar-refractivity contribution >= 4 is 44.0 Å². The van der Waals surface area contributed by atoms with E-state index in [1.165, 1.54) is 11.4 Å². The Kier molecular flexibility index (Phi) is 5.82. The average Bonchev–Trinajstić information content (AvgIpc) is 2.97. The number of anilines is 1. The van der Waals surface area contributed by atoms with Crippen LogP contribution in [0.1, 0.15) is 26.3 Å². The molecule has 0 radical (unpaired) electrons. The Morgan fingerprint density at radius 1 is 1.24 bits per heavy atom. The highest BCUT2D eigenvalue weighted by atomic mass is 35.5. The standard InChI is InChI=1S/C15H19ClN4O3S2/c1-15(2,3)12(21)17-13-18-19-14(24-13)25(22,23)20(4)9-10-5-7-11(16)8-6-10/h5-8H,9H2,1-4H3,(H,17,18,21). The maximum Gasteiger partial charge on any atom is 0.272 e. The highest BCUT2D eigenvalue weighted by Crippen LogP contribution is 2.25. The highest BCUT2D eigenvalue weighted by Gasteiger charge is 2.28. The van der Waals surface area contributed by atoms with Gasteiger partial charge in [0, 0.05) is 24.0 Å². The molecular weight excluding hydrogens is 384 g/mol. The smallest absolute Gasteiger partial charge is 0.272 e. The Morgan fingerprint density at radius 3 is 2.40 bits per heavy atom. The first-order valence-electron chi connectivity index (χ1n) is 7.36. The lowest BCUT2D eigenvalue weighted by Gasteiger charge is -2.16. The number of carbonyl (C=O) groups is 1. The summed E-state index contributed by atoms with van der Waals surface area (Å²) < 4.78 is 26.2. The minimum absolute atomic E-state index is 0.151. The van der Waals surface area contributed by atoms with Gasteiger partial charge >= 0.3 is 0 Å². The van der Waals surface area contributed by atoms with Crippen molar-refractivity contribution in [1.82, 2.24) is 14.5 Å². The Balaban J connectivity index is 2.14. The molecule has 0 spiro atoms. The number of benzene rings is 1. The van der Waals surface area contributed by atoms with Crippen LogP contribution in [0.2, 0.25) is 5.02 Å². The molecule has 0 atom stereocenters. The quantitative estimate of drug-likeness (QED) is 0.776. The normalized spacial score (nSPS) is 12.4. The molecular formula is C15H19ClN4O3S2. The van der Waals surface area contributed by atoms with Crippen molar-refractivity contribution in [2.75, 3.05) is 12.4 Å². The lowest BCUT2D eigenvalue weighted by atomic mass is 9.96. The lowest BCUT2D eigenvalue weighted by molar-refractivity contribution is -0.123. The van der Waals surface area contributed by atoms with E-state index in [0.29, 0.717) is 5.02 Å². The van der Waals surface area contributed by atoms with Gasteiger partial charge in [-0.1, -0.05) is 55.8 Å². The summed E-state index contributed by atoms with van der Waals surface area (Å²) in [6.07, 6.45) is 0. The summed E-state index contributed by atoms with van der Waals surface area (Å²) in [5.41, 5.74) is 0.178. The number of hydrogen-bond donors (Lipinski definition) is 1. The molecule has 2 rings (SSSR count). The zero-order chi connectivity index (χ0) is 18.8. The van der Waals surface area contributed by atoms with Gasteiger partial charge in [-0.3, -0.25) is 4.79 Å². The fourth-order valence-corrected chi connectivity index (χ4v) is 4.08. The van der Waals surface area contributed by atoms with E-state index >= 15 is 0 Å². The molecule has 2 aromatic rings. The van der Waals surface area contributed by atoms with Crippen molar-refractivity contribution in [1.29, 1.82) is 0 Å². The second-order valence-corrected chi connectivity index (χ2v) is 10.1.